The number of likely N-dealkylation sites (N-methyl/N-ethyl adjacent to an activating group) is 1. The minimum Gasteiger partial charge on any atom is -0.379 e. The number of aliphatic imine (C=N–C) groups is 1. The lowest BCUT2D eigenvalue weighted by Gasteiger charge is -2.47. The maximum absolute atomic E-state index is 6.09. The summed E-state index contributed by atoms with van der Waals surface area (Å²) >= 11 is 0. The van der Waals surface area contributed by atoms with Crippen LogP contribution in [0.4, 0.5) is 0 Å². The molecule has 2 atom stereocenters. The number of nitrogens with two attached hydrogens (primary N) is 1. The molecule has 104 valence electrons. The summed E-state index contributed by atoms with van der Waals surface area (Å²) in [5.41, 5.74) is 6.11. The van der Waals surface area contributed by atoms with E-state index < -0.39 is 0 Å². The van der Waals surface area contributed by atoms with Gasteiger partial charge in [0.25, 0.3) is 0 Å². The molecule has 2 N–H and O–H groups in total. The van der Waals surface area contributed by atoms with Gasteiger partial charge in [-0.05, 0) is 26.9 Å². The molecule has 0 aromatic heterocycles. The van der Waals surface area contributed by atoms with Gasteiger partial charge in [0, 0.05) is 20.2 Å². The van der Waals surface area contributed by atoms with E-state index in [-0.39, 0.29) is 11.6 Å². The van der Waals surface area contributed by atoms with Crippen molar-refractivity contribution < 1.29 is 4.74 Å². The Balaban J connectivity index is 2.14. The Morgan fingerprint density at radius 2 is 2.28 bits per heavy atom. The van der Waals surface area contributed by atoms with Crippen LogP contribution in [0, 0.1) is 0 Å². The zero-order chi connectivity index (χ0) is 13.2. The summed E-state index contributed by atoms with van der Waals surface area (Å²) in [6.07, 6.45) is 5.03. The largest absolute Gasteiger partial charge is 0.379 e. The second-order valence-corrected chi connectivity index (χ2v) is 5.70. The summed E-state index contributed by atoms with van der Waals surface area (Å²) in [7, 11) is 5.99. The highest BCUT2D eigenvalue weighted by molar-refractivity contribution is 5.81. The molecule has 1 fully saturated rings. The first kappa shape index (κ1) is 13.6. The first-order valence-corrected chi connectivity index (χ1v) is 6.85. The third-order valence-electron chi connectivity index (χ3n) is 4.31. The van der Waals surface area contributed by atoms with Gasteiger partial charge in [-0.3, -0.25) is 4.99 Å². The highest BCUT2D eigenvalue weighted by atomic mass is 16.5. The Labute approximate surface area is 110 Å². The maximum Gasteiger partial charge on any atom is 0.192 e. The highest BCUT2D eigenvalue weighted by Gasteiger charge is 2.49. The molecule has 1 aliphatic heterocycles. The zero-order valence-corrected chi connectivity index (χ0v) is 11.9. The second-order valence-electron chi connectivity index (χ2n) is 5.70. The Morgan fingerprint density at radius 3 is 2.94 bits per heavy atom. The van der Waals surface area contributed by atoms with Crippen LogP contribution in [0.5, 0.6) is 0 Å². The molecule has 2 rings (SSSR count). The fraction of sp³-hybridized carbons (Fsp3) is 0.923. The molecule has 18 heavy (non-hydrogen) atoms. The molecule has 1 aliphatic carbocycles. The van der Waals surface area contributed by atoms with Gasteiger partial charge in [-0.15, -0.1) is 0 Å². The van der Waals surface area contributed by atoms with E-state index >= 15 is 0 Å². The quantitative estimate of drug-likeness (QED) is 0.794. The van der Waals surface area contributed by atoms with Gasteiger partial charge in [-0.2, -0.15) is 0 Å². The number of rotatable bonds is 4. The molecule has 0 bridgehead atoms. The van der Waals surface area contributed by atoms with Gasteiger partial charge < -0.3 is 20.3 Å². The van der Waals surface area contributed by atoms with Crippen LogP contribution in [0.2, 0.25) is 0 Å². The summed E-state index contributed by atoms with van der Waals surface area (Å²) in [4.78, 5) is 8.97. The summed E-state index contributed by atoms with van der Waals surface area (Å²) in [5, 5.41) is 0. The fourth-order valence-electron chi connectivity index (χ4n) is 3.27. The smallest absolute Gasteiger partial charge is 0.192 e. The molecule has 0 amide bonds. The number of hydrogen-bond donors (Lipinski definition) is 1. The lowest BCUT2D eigenvalue weighted by atomic mass is 9.78. The fourth-order valence-corrected chi connectivity index (χ4v) is 3.27. The summed E-state index contributed by atoms with van der Waals surface area (Å²) < 4.78 is 5.73. The van der Waals surface area contributed by atoms with Gasteiger partial charge in [0.1, 0.15) is 0 Å². The molecule has 1 heterocycles. The van der Waals surface area contributed by atoms with Crippen molar-refractivity contribution in [2.24, 2.45) is 10.7 Å². The van der Waals surface area contributed by atoms with Crippen LogP contribution in [0.15, 0.2) is 4.99 Å². The number of nitrogens with zero attached hydrogens (tertiary/aromatic N) is 3. The van der Waals surface area contributed by atoms with Crippen molar-refractivity contribution in [2.45, 2.75) is 37.3 Å². The van der Waals surface area contributed by atoms with Crippen molar-refractivity contribution in [1.82, 2.24) is 9.80 Å². The van der Waals surface area contributed by atoms with Gasteiger partial charge in [0.05, 0.1) is 18.2 Å². The van der Waals surface area contributed by atoms with E-state index in [1.807, 2.05) is 7.11 Å². The predicted molar refractivity (Wildman–Crippen MR) is 73.7 cm³/mol. The van der Waals surface area contributed by atoms with E-state index in [1.54, 1.807) is 0 Å². The first-order chi connectivity index (χ1) is 8.60. The van der Waals surface area contributed by atoms with E-state index in [1.165, 1.54) is 12.8 Å². The minimum absolute atomic E-state index is 0.0209. The van der Waals surface area contributed by atoms with Crippen molar-refractivity contribution >= 4 is 5.96 Å². The number of hydrogen-bond acceptors (Lipinski definition) is 5. The topological polar surface area (TPSA) is 54.1 Å². The zero-order valence-electron chi connectivity index (χ0n) is 11.9. The van der Waals surface area contributed by atoms with E-state index in [2.05, 4.69) is 28.9 Å². The van der Waals surface area contributed by atoms with E-state index in [0.29, 0.717) is 5.96 Å². The molecule has 0 radical (unpaired) electrons. The molecule has 0 aromatic rings. The van der Waals surface area contributed by atoms with Crippen LogP contribution >= 0.6 is 0 Å². The van der Waals surface area contributed by atoms with Crippen LogP contribution in [0.25, 0.3) is 0 Å². The van der Waals surface area contributed by atoms with Crippen molar-refractivity contribution in [1.29, 1.82) is 0 Å². The van der Waals surface area contributed by atoms with Crippen LogP contribution in [0.1, 0.15) is 25.7 Å². The van der Waals surface area contributed by atoms with E-state index in [4.69, 9.17) is 10.5 Å². The molecule has 2 aliphatic rings. The second kappa shape index (κ2) is 5.45. The molecule has 5 heteroatoms. The standard InChI is InChI=1S/C13H26N4O/c1-16(2)8-9-17-12(14)15-10-13(17)7-5-4-6-11(13)18-3/h11H,4-10H2,1-3H3,(H2,14,15). The van der Waals surface area contributed by atoms with Crippen molar-refractivity contribution in [3.05, 3.63) is 0 Å². The maximum atomic E-state index is 6.09. The molecule has 2 unspecified atom stereocenters. The third-order valence-corrected chi connectivity index (χ3v) is 4.31. The SMILES string of the molecule is COC1CCCCC12CN=C(N)N2CCN(C)C. The van der Waals surface area contributed by atoms with Gasteiger partial charge >= 0.3 is 0 Å². The van der Waals surface area contributed by atoms with Gasteiger partial charge in [-0.1, -0.05) is 12.8 Å². The summed E-state index contributed by atoms with van der Waals surface area (Å²) in [6.45, 7) is 2.72. The van der Waals surface area contributed by atoms with Crippen LogP contribution in [-0.2, 0) is 4.74 Å². The van der Waals surface area contributed by atoms with Crippen molar-refractivity contribution in [2.75, 3.05) is 40.8 Å². The lowest BCUT2D eigenvalue weighted by molar-refractivity contribution is -0.0428. The Bertz CT molecular complexity index is 318. The van der Waals surface area contributed by atoms with Gasteiger partial charge in [0.2, 0.25) is 0 Å². The van der Waals surface area contributed by atoms with Crippen molar-refractivity contribution in [3.63, 3.8) is 0 Å². The summed E-state index contributed by atoms with van der Waals surface area (Å²) in [6, 6.07) is 0. The minimum atomic E-state index is 0.0209. The summed E-state index contributed by atoms with van der Waals surface area (Å²) in [5.74, 6) is 0.695. The number of ether oxygens (including phenoxy) is 1. The average molecular weight is 254 g/mol. The number of methoxy groups -OCH3 is 1. The van der Waals surface area contributed by atoms with Gasteiger partial charge in [0.15, 0.2) is 5.96 Å². The van der Waals surface area contributed by atoms with Crippen LogP contribution in [-0.4, -0.2) is 68.2 Å². The monoisotopic (exact) mass is 254 g/mol. The predicted octanol–water partition coefficient (Wildman–Crippen LogP) is 0.506. The normalized spacial score (nSPS) is 32.3. The van der Waals surface area contributed by atoms with Crippen molar-refractivity contribution in [3.8, 4) is 0 Å². The van der Waals surface area contributed by atoms with Gasteiger partial charge in [-0.25, -0.2) is 0 Å². The lowest BCUT2D eigenvalue weighted by Crippen LogP contribution is -2.61. The Morgan fingerprint density at radius 1 is 1.50 bits per heavy atom. The number of guanidine groups is 1. The molecule has 5 nitrogen and oxygen atoms in total. The molecule has 1 saturated carbocycles. The van der Waals surface area contributed by atoms with E-state index in [0.717, 1.165) is 32.5 Å². The molecule has 0 saturated heterocycles. The highest BCUT2D eigenvalue weighted by Crippen LogP contribution is 2.38. The first-order valence-electron chi connectivity index (χ1n) is 6.85. The Hall–Kier alpha value is -0.810. The third kappa shape index (κ3) is 2.34. The average Bonchev–Trinajstić information content (AvgIpc) is 2.65. The molecule has 0 aromatic carbocycles. The molecular weight excluding hydrogens is 228 g/mol. The van der Waals surface area contributed by atoms with Crippen LogP contribution in [0.3, 0.4) is 0 Å². The molecule has 1 spiro atoms. The Kier molecular flexibility index (Phi) is 4.12. The molecular formula is C13H26N4O. The van der Waals surface area contributed by atoms with Crippen LogP contribution < -0.4 is 5.73 Å². The van der Waals surface area contributed by atoms with E-state index in [9.17, 15) is 0 Å².